The number of rotatable bonds is 6. The molecule has 0 amide bonds. The van der Waals surface area contributed by atoms with Gasteiger partial charge in [0.2, 0.25) is 0 Å². The molecule has 230 valence electrons. The Bertz CT molecular complexity index is 2150. The zero-order chi connectivity index (χ0) is 32.2. The monoisotopic (exact) mass is 612 g/mol. The van der Waals surface area contributed by atoms with E-state index in [4.69, 9.17) is 9.31 Å². The second-order valence-electron chi connectivity index (χ2n) is 13.3. The number of aromatic nitrogens is 1. The molecule has 1 aromatic heterocycles. The van der Waals surface area contributed by atoms with E-state index in [2.05, 4.69) is 189 Å². The van der Waals surface area contributed by atoms with Crippen LogP contribution in [0.5, 0.6) is 0 Å². The summed E-state index contributed by atoms with van der Waals surface area (Å²) in [5.41, 5.74) is 9.31. The van der Waals surface area contributed by atoms with Crippen molar-refractivity contribution in [2.24, 2.45) is 0 Å². The van der Waals surface area contributed by atoms with Crippen molar-refractivity contribution in [3.63, 3.8) is 0 Å². The van der Waals surface area contributed by atoms with E-state index in [9.17, 15) is 0 Å². The summed E-state index contributed by atoms with van der Waals surface area (Å²) in [5, 5.41) is 2.43. The number of hydrogen-bond acceptors (Lipinski definition) is 3. The van der Waals surface area contributed by atoms with Crippen molar-refractivity contribution in [3.8, 4) is 16.8 Å². The van der Waals surface area contributed by atoms with Crippen LogP contribution in [0.3, 0.4) is 0 Å². The molecule has 0 spiro atoms. The van der Waals surface area contributed by atoms with Crippen molar-refractivity contribution in [3.05, 3.63) is 152 Å². The maximum absolute atomic E-state index is 6.44. The first-order valence-corrected chi connectivity index (χ1v) is 16.3. The van der Waals surface area contributed by atoms with Crippen molar-refractivity contribution in [1.29, 1.82) is 0 Å². The Balaban J connectivity index is 1.19. The number of hydrogen-bond donors (Lipinski definition) is 0. The van der Waals surface area contributed by atoms with E-state index in [0.29, 0.717) is 0 Å². The van der Waals surface area contributed by atoms with Gasteiger partial charge in [-0.2, -0.15) is 0 Å². The fourth-order valence-corrected chi connectivity index (χ4v) is 6.62. The lowest BCUT2D eigenvalue weighted by Crippen LogP contribution is -2.41. The first kappa shape index (κ1) is 29.3. The van der Waals surface area contributed by atoms with Crippen molar-refractivity contribution in [1.82, 2.24) is 4.57 Å². The highest BCUT2D eigenvalue weighted by molar-refractivity contribution is 6.62. The van der Waals surface area contributed by atoms with Crippen LogP contribution in [0.2, 0.25) is 0 Å². The van der Waals surface area contributed by atoms with Crippen LogP contribution in [0.25, 0.3) is 38.6 Å². The molecule has 1 saturated heterocycles. The smallest absolute Gasteiger partial charge is 0.399 e. The number of fused-ring (bicyclic) bond motifs is 3. The van der Waals surface area contributed by atoms with Crippen molar-refractivity contribution >= 4 is 51.4 Å². The van der Waals surface area contributed by atoms with Gasteiger partial charge in [0.1, 0.15) is 0 Å². The molecular weight excluding hydrogens is 575 g/mol. The minimum atomic E-state index is -0.424. The van der Waals surface area contributed by atoms with Crippen LogP contribution in [0, 0.1) is 0 Å². The third-order valence-electron chi connectivity index (χ3n) is 9.82. The van der Waals surface area contributed by atoms with Crippen LogP contribution in [-0.2, 0) is 9.31 Å². The van der Waals surface area contributed by atoms with Gasteiger partial charge in [0.05, 0.1) is 22.2 Å². The molecule has 0 aliphatic carbocycles. The second-order valence-corrected chi connectivity index (χ2v) is 13.3. The lowest BCUT2D eigenvalue weighted by Gasteiger charge is -2.32. The fraction of sp³-hybridized carbons (Fsp3) is 0.143. The number of benzene rings is 6. The van der Waals surface area contributed by atoms with Crippen LogP contribution in [0.4, 0.5) is 17.1 Å². The number of para-hydroxylation sites is 3. The highest BCUT2D eigenvalue weighted by Gasteiger charge is 2.51. The van der Waals surface area contributed by atoms with Gasteiger partial charge in [0, 0.05) is 33.5 Å². The molecule has 6 aromatic carbocycles. The zero-order valence-corrected chi connectivity index (χ0v) is 27.2. The normalized spacial score (nSPS) is 15.4. The largest absolute Gasteiger partial charge is 0.494 e. The summed E-state index contributed by atoms with van der Waals surface area (Å²) in [6.45, 7) is 8.39. The Morgan fingerprint density at radius 2 is 1.06 bits per heavy atom. The highest BCUT2D eigenvalue weighted by Crippen LogP contribution is 2.39. The van der Waals surface area contributed by atoms with Gasteiger partial charge < -0.3 is 18.8 Å². The van der Waals surface area contributed by atoms with Gasteiger partial charge in [0.25, 0.3) is 0 Å². The lowest BCUT2D eigenvalue weighted by atomic mass is 9.79. The van der Waals surface area contributed by atoms with Gasteiger partial charge in [-0.1, -0.05) is 91.0 Å². The average Bonchev–Trinajstić information content (AvgIpc) is 3.54. The Morgan fingerprint density at radius 1 is 0.489 bits per heavy atom. The van der Waals surface area contributed by atoms with Crippen LogP contribution in [0.1, 0.15) is 27.7 Å². The summed E-state index contributed by atoms with van der Waals surface area (Å²) in [6, 6.07) is 53.9. The quantitative estimate of drug-likeness (QED) is 0.175. The Labute approximate surface area is 277 Å². The summed E-state index contributed by atoms with van der Waals surface area (Å²) >= 11 is 0. The van der Waals surface area contributed by atoms with Gasteiger partial charge in [-0.3, -0.25) is 0 Å². The first-order chi connectivity index (χ1) is 22.8. The minimum absolute atomic E-state index is 0.400. The standard InChI is InChI=1S/C42H37BN2O2/c1-41(2)42(3,4)47-43(46-41)32-24-27-38-37-20-11-12-21-39(37)45(40(38)29-32)36-19-13-14-31(28-36)30-22-25-35(26-23-30)44(33-15-7-5-8-16-33)34-17-9-6-10-18-34/h5-29H,1-4H3. The third kappa shape index (κ3) is 5.13. The molecular formula is C42H37BN2O2. The van der Waals surface area contributed by atoms with E-state index in [1.165, 1.54) is 16.3 Å². The fourth-order valence-electron chi connectivity index (χ4n) is 6.62. The zero-order valence-electron chi connectivity index (χ0n) is 27.2. The van der Waals surface area contributed by atoms with Crippen LogP contribution in [0.15, 0.2) is 152 Å². The van der Waals surface area contributed by atoms with Crippen molar-refractivity contribution < 1.29 is 9.31 Å². The van der Waals surface area contributed by atoms with Gasteiger partial charge in [0.15, 0.2) is 0 Å². The predicted molar refractivity (Wildman–Crippen MR) is 197 cm³/mol. The minimum Gasteiger partial charge on any atom is -0.399 e. The van der Waals surface area contributed by atoms with E-state index in [-0.39, 0.29) is 0 Å². The van der Waals surface area contributed by atoms with E-state index in [1.807, 2.05) is 0 Å². The molecule has 0 radical (unpaired) electrons. The van der Waals surface area contributed by atoms with Crippen LogP contribution < -0.4 is 10.4 Å². The predicted octanol–water partition coefficient (Wildman–Crippen LogP) is 10.2. The molecule has 1 fully saturated rings. The van der Waals surface area contributed by atoms with Crippen molar-refractivity contribution in [2.45, 2.75) is 38.9 Å². The molecule has 8 rings (SSSR count). The Morgan fingerprint density at radius 3 is 1.72 bits per heavy atom. The maximum Gasteiger partial charge on any atom is 0.494 e. The molecule has 1 aliphatic rings. The summed E-state index contributed by atoms with van der Waals surface area (Å²) in [4.78, 5) is 2.29. The highest BCUT2D eigenvalue weighted by atomic mass is 16.7. The van der Waals surface area contributed by atoms with Crippen LogP contribution >= 0.6 is 0 Å². The molecule has 5 heteroatoms. The summed E-state index contributed by atoms with van der Waals surface area (Å²) in [5.74, 6) is 0. The molecule has 0 unspecified atom stereocenters. The SMILES string of the molecule is CC1(C)OB(c2ccc3c4ccccc4n(-c4cccc(-c5ccc(N(c6ccccc6)c6ccccc6)cc5)c4)c3c2)OC1(C)C. The summed E-state index contributed by atoms with van der Waals surface area (Å²) in [6.07, 6.45) is 0. The lowest BCUT2D eigenvalue weighted by molar-refractivity contribution is 0.00578. The van der Waals surface area contributed by atoms with E-state index in [0.717, 1.165) is 44.9 Å². The molecule has 0 saturated carbocycles. The van der Waals surface area contributed by atoms with E-state index in [1.54, 1.807) is 0 Å². The third-order valence-corrected chi connectivity index (χ3v) is 9.82. The molecule has 47 heavy (non-hydrogen) atoms. The van der Waals surface area contributed by atoms with Gasteiger partial charge >= 0.3 is 7.12 Å². The molecule has 2 heterocycles. The first-order valence-electron chi connectivity index (χ1n) is 16.3. The maximum atomic E-state index is 6.44. The van der Waals surface area contributed by atoms with E-state index < -0.39 is 18.3 Å². The van der Waals surface area contributed by atoms with Gasteiger partial charge in [-0.15, -0.1) is 0 Å². The van der Waals surface area contributed by atoms with Gasteiger partial charge in [-0.05, 0) is 105 Å². The van der Waals surface area contributed by atoms with Crippen LogP contribution in [-0.4, -0.2) is 22.9 Å². The molecule has 7 aromatic rings. The number of anilines is 3. The Kier molecular flexibility index (Phi) is 7.05. The molecule has 0 atom stereocenters. The molecule has 0 N–H and O–H groups in total. The average molecular weight is 613 g/mol. The van der Waals surface area contributed by atoms with E-state index >= 15 is 0 Å². The Hall–Kier alpha value is -5.10. The molecule has 4 nitrogen and oxygen atoms in total. The number of nitrogens with zero attached hydrogens (tertiary/aromatic N) is 2. The summed E-state index contributed by atoms with van der Waals surface area (Å²) in [7, 11) is -0.424. The van der Waals surface area contributed by atoms with Gasteiger partial charge in [-0.25, -0.2) is 0 Å². The second kappa shape index (κ2) is 11.3. The molecule has 1 aliphatic heterocycles. The summed E-state index contributed by atoms with van der Waals surface area (Å²) < 4.78 is 15.3. The van der Waals surface area contributed by atoms with Crippen molar-refractivity contribution in [2.75, 3.05) is 4.90 Å². The molecule has 0 bridgehead atoms. The topological polar surface area (TPSA) is 26.6 Å².